The van der Waals surface area contributed by atoms with Crippen LogP contribution in [0.5, 0.6) is 5.75 Å². The molecule has 3 aromatic rings. The molecule has 4 heteroatoms. The fourth-order valence-electron chi connectivity index (χ4n) is 4.71. The highest BCUT2D eigenvalue weighted by Crippen LogP contribution is 2.33. The van der Waals surface area contributed by atoms with Gasteiger partial charge in [-0.05, 0) is 42.5 Å². The number of aromatic nitrogens is 1. The number of hydrogen-bond acceptors (Lipinski definition) is 2. The fraction of sp³-hybridized carbons (Fsp3) is 0.357. The first-order valence-corrected chi connectivity index (χ1v) is 11.7. The van der Waals surface area contributed by atoms with Crippen molar-refractivity contribution in [2.24, 2.45) is 0 Å². The molecule has 0 atom stereocenters. The van der Waals surface area contributed by atoms with Gasteiger partial charge < -0.3 is 9.30 Å². The van der Waals surface area contributed by atoms with E-state index >= 15 is 0 Å². The lowest BCUT2D eigenvalue weighted by Gasteiger charge is -2.16. The monoisotopic (exact) mass is 432 g/mol. The second-order valence-corrected chi connectivity index (χ2v) is 8.56. The third-order valence-corrected chi connectivity index (χ3v) is 6.32. The normalized spacial score (nSPS) is 14.5. The molecule has 0 saturated heterocycles. The van der Waals surface area contributed by atoms with E-state index in [0.29, 0.717) is 12.4 Å². The van der Waals surface area contributed by atoms with Gasteiger partial charge in [0.1, 0.15) is 18.2 Å². The molecule has 2 heterocycles. The molecule has 3 nitrogen and oxygen atoms in total. The summed E-state index contributed by atoms with van der Waals surface area (Å²) < 4.78 is 22.7. The first kappa shape index (κ1) is 22.3. The molecule has 1 aromatic heterocycles. The fourth-order valence-corrected chi connectivity index (χ4v) is 4.71. The lowest BCUT2D eigenvalue weighted by molar-refractivity contribution is 0.308. The van der Waals surface area contributed by atoms with Gasteiger partial charge >= 0.3 is 0 Å². The van der Waals surface area contributed by atoms with Crippen molar-refractivity contribution in [3.8, 4) is 5.75 Å². The number of halogens is 1. The molecule has 2 aromatic carbocycles. The van der Waals surface area contributed by atoms with Crippen LogP contribution in [0.4, 0.5) is 4.39 Å². The van der Waals surface area contributed by atoms with E-state index in [1.54, 1.807) is 6.07 Å². The average molecular weight is 433 g/mol. The van der Waals surface area contributed by atoms with E-state index in [1.807, 2.05) is 36.4 Å². The summed E-state index contributed by atoms with van der Waals surface area (Å²) in [6.07, 6.45) is 7.40. The van der Waals surface area contributed by atoms with Crippen LogP contribution in [0.25, 0.3) is 10.9 Å². The number of hydrogen-bond donors (Lipinski definition) is 0. The molecule has 0 N–H and O–H groups in total. The molecule has 0 aliphatic carbocycles. The third-order valence-electron chi connectivity index (χ3n) is 6.32. The van der Waals surface area contributed by atoms with Crippen molar-refractivity contribution >= 4 is 10.9 Å². The van der Waals surface area contributed by atoms with Crippen molar-refractivity contribution in [3.05, 3.63) is 89.4 Å². The molecule has 168 valence electrons. The van der Waals surface area contributed by atoms with Crippen LogP contribution in [-0.4, -0.2) is 29.1 Å². The highest BCUT2D eigenvalue weighted by molar-refractivity contribution is 5.90. The molecule has 0 fully saturated rings. The molecular formula is C28H33FN2O. The minimum atomic E-state index is -0.261. The summed E-state index contributed by atoms with van der Waals surface area (Å²) >= 11 is 0. The minimum absolute atomic E-state index is 0.261. The predicted octanol–water partition coefficient (Wildman–Crippen LogP) is 6.52. The van der Waals surface area contributed by atoms with E-state index in [0.717, 1.165) is 61.9 Å². The summed E-state index contributed by atoms with van der Waals surface area (Å²) in [5, 5.41) is 1.04. The molecule has 0 unspecified atom stereocenters. The lowest BCUT2D eigenvalue weighted by Crippen LogP contribution is -2.24. The first-order chi connectivity index (χ1) is 15.6. The van der Waals surface area contributed by atoms with Crippen molar-refractivity contribution in [1.82, 2.24) is 9.47 Å². The number of benzene rings is 2. The van der Waals surface area contributed by atoms with Gasteiger partial charge in [-0.15, -0.1) is 0 Å². The predicted molar refractivity (Wildman–Crippen MR) is 131 cm³/mol. The molecule has 0 bridgehead atoms. The molecular weight excluding hydrogens is 399 g/mol. The van der Waals surface area contributed by atoms with Crippen molar-refractivity contribution < 1.29 is 9.13 Å². The Bertz CT molecular complexity index is 1110. The van der Waals surface area contributed by atoms with Crippen molar-refractivity contribution in [2.45, 2.75) is 46.3 Å². The molecule has 1 aliphatic rings. The Balaban J connectivity index is 1.57. The van der Waals surface area contributed by atoms with Gasteiger partial charge in [0.2, 0.25) is 0 Å². The molecule has 0 spiro atoms. The van der Waals surface area contributed by atoms with Crippen molar-refractivity contribution in [2.75, 3.05) is 19.6 Å². The Hall–Kier alpha value is -2.85. The largest absolute Gasteiger partial charge is 0.488 e. The van der Waals surface area contributed by atoms with Gasteiger partial charge in [-0.1, -0.05) is 61.9 Å². The second-order valence-electron chi connectivity index (χ2n) is 8.56. The Morgan fingerprint density at radius 3 is 2.62 bits per heavy atom. The smallest absolute Gasteiger partial charge is 0.132 e. The van der Waals surface area contributed by atoms with Gasteiger partial charge in [-0.25, -0.2) is 4.39 Å². The Morgan fingerprint density at radius 2 is 1.91 bits per heavy atom. The maximum Gasteiger partial charge on any atom is 0.132 e. The first-order valence-electron chi connectivity index (χ1n) is 11.7. The van der Waals surface area contributed by atoms with Gasteiger partial charge in [0.05, 0.1) is 5.52 Å². The van der Waals surface area contributed by atoms with Crippen LogP contribution in [0.2, 0.25) is 0 Å². The maximum atomic E-state index is 14.5. The van der Waals surface area contributed by atoms with Crippen LogP contribution in [0.3, 0.4) is 0 Å². The van der Waals surface area contributed by atoms with E-state index in [4.69, 9.17) is 4.74 Å². The van der Waals surface area contributed by atoms with Crippen LogP contribution >= 0.6 is 0 Å². The zero-order chi connectivity index (χ0) is 22.5. The molecule has 0 radical (unpaired) electrons. The zero-order valence-electron chi connectivity index (χ0n) is 19.2. The lowest BCUT2D eigenvalue weighted by atomic mass is 10.1. The van der Waals surface area contributed by atoms with E-state index in [-0.39, 0.29) is 5.82 Å². The number of fused-ring (bicyclic) bond motifs is 1. The van der Waals surface area contributed by atoms with E-state index in [9.17, 15) is 4.39 Å². The van der Waals surface area contributed by atoms with Gasteiger partial charge in [0.15, 0.2) is 0 Å². The highest BCUT2D eigenvalue weighted by atomic mass is 19.1. The molecule has 4 rings (SSSR count). The quantitative estimate of drug-likeness (QED) is 0.363. The number of nitrogens with zero attached hydrogens (tertiary/aromatic N) is 2. The van der Waals surface area contributed by atoms with Crippen molar-refractivity contribution in [3.63, 3.8) is 0 Å². The minimum Gasteiger partial charge on any atom is -0.488 e. The summed E-state index contributed by atoms with van der Waals surface area (Å²) in [4.78, 5) is 2.49. The van der Waals surface area contributed by atoms with Crippen LogP contribution in [0.15, 0.2) is 72.5 Å². The van der Waals surface area contributed by atoms with Gasteiger partial charge in [-0.2, -0.15) is 0 Å². The average Bonchev–Trinajstić information content (AvgIpc) is 3.37. The zero-order valence-corrected chi connectivity index (χ0v) is 19.2. The summed E-state index contributed by atoms with van der Waals surface area (Å²) in [7, 11) is 0. The topological polar surface area (TPSA) is 17.4 Å². The Kier molecular flexibility index (Phi) is 7.11. The van der Waals surface area contributed by atoms with Gasteiger partial charge in [0.25, 0.3) is 0 Å². The van der Waals surface area contributed by atoms with Crippen LogP contribution in [-0.2, 0) is 19.6 Å². The molecule has 1 aliphatic heterocycles. The van der Waals surface area contributed by atoms with E-state index in [1.165, 1.54) is 22.8 Å². The number of rotatable bonds is 10. The Labute approximate surface area is 190 Å². The van der Waals surface area contributed by atoms with Crippen LogP contribution in [0, 0.1) is 5.82 Å². The van der Waals surface area contributed by atoms with E-state index in [2.05, 4.69) is 36.1 Å². The maximum absolute atomic E-state index is 14.5. The van der Waals surface area contributed by atoms with Crippen LogP contribution in [0.1, 0.15) is 37.8 Å². The van der Waals surface area contributed by atoms with E-state index < -0.39 is 0 Å². The molecule has 0 amide bonds. The highest BCUT2D eigenvalue weighted by Gasteiger charge is 2.21. The Morgan fingerprint density at radius 1 is 1.09 bits per heavy atom. The third kappa shape index (κ3) is 4.81. The van der Waals surface area contributed by atoms with Crippen LogP contribution < -0.4 is 4.74 Å². The molecule has 0 saturated carbocycles. The standard InChI is InChI=1S/C28H33FN2O/c1-4-10-23-18-30(17-22(23)5-2)14-13-24-19-31(6-3)26-15-25(29)16-27(28(24)26)32-20-21-11-8-7-9-12-21/h5,7-9,11-12,15-16,19H,2,4,6,10,13-14,17-18,20H2,1,3H3. The SMILES string of the molecule is C=CC1=C(CCC)CN(CCc2cn(CC)c3cc(F)cc(OCc4ccccc4)c23)C1. The molecule has 32 heavy (non-hydrogen) atoms. The summed E-state index contributed by atoms with van der Waals surface area (Å²) in [6, 6.07) is 13.2. The van der Waals surface area contributed by atoms with Gasteiger partial charge in [0, 0.05) is 43.8 Å². The number of aryl methyl sites for hydroxylation is 1. The number of ether oxygens (including phenoxy) is 1. The van der Waals surface area contributed by atoms with Crippen molar-refractivity contribution in [1.29, 1.82) is 0 Å². The second kappa shape index (κ2) is 10.2. The summed E-state index contributed by atoms with van der Waals surface area (Å²) in [5.74, 6) is 0.368. The summed E-state index contributed by atoms with van der Waals surface area (Å²) in [6.45, 7) is 12.5. The summed E-state index contributed by atoms with van der Waals surface area (Å²) in [5.41, 5.74) is 6.10. The van der Waals surface area contributed by atoms with Gasteiger partial charge in [-0.3, -0.25) is 4.90 Å².